The fourth-order valence-corrected chi connectivity index (χ4v) is 2.30. The maximum absolute atomic E-state index is 11.3. The van der Waals surface area contributed by atoms with E-state index in [9.17, 15) is 20.1 Å². The van der Waals surface area contributed by atoms with Gasteiger partial charge in [0.1, 0.15) is 23.9 Å². The van der Waals surface area contributed by atoms with Crippen LogP contribution in [-0.4, -0.2) is 76.5 Å². The van der Waals surface area contributed by atoms with E-state index in [1.54, 1.807) is 0 Å². The van der Waals surface area contributed by atoms with E-state index in [4.69, 9.17) is 9.47 Å². The van der Waals surface area contributed by atoms with Crippen molar-refractivity contribution in [2.45, 2.75) is 37.1 Å². The number of fused-ring (bicyclic) bond motifs is 2. The maximum atomic E-state index is 11.3. The summed E-state index contributed by atoms with van der Waals surface area (Å²) < 4.78 is 10.7. The highest BCUT2D eigenvalue weighted by Gasteiger charge is 2.60. The van der Waals surface area contributed by atoms with Gasteiger partial charge < -0.3 is 29.7 Å². The van der Waals surface area contributed by atoms with Crippen LogP contribution in [0, 0.1) is 0 Å². The number of aliphatic hydroxyl groups is 3. The Bertz CT molecular complexity index is 324. The van der Waals surface area contributed by atoms with Crippen molar-refractivity contribution in [2.75, 3.05) is 20.3 Å². The molecule has 0 aromatic rings. The Morgan fingerprint density at radius 2 is 2.18 bits per heavy atom. The maximum Gasteiger partial charge on any atom is 0.219 e. The van der Waals surface area contributed by atoms with Gasteiger partial charge in [0.05, 0.1) is 13.2 Å². The molecule has 0 aliphatic carbocycles. The average molecular weight is 247 g/mol. The average Bonchev–Trinajstić information content (AvgIpc) is 2.69. The molecule has 2 rings (SSSR count). The van der Waals surface area contributed by atoms with Crippen molar-refractivity contribution in [3.63, 3.8) is 0 Å². The zero-order chi connectivity index (χ0) is 12.8. The first kappa shape index (κ1) is 12.7. The fourth-order valence-electron chi connectivity index (χ4n) is 2.30. The first-order chi connectivity index (χ1) is 7.93. The lowest BCUT2D eigenvalue weighted by Crippen LogP contribution is -2.66. The first-order valence-corrected chi connectivity index (χ1v) is 5.43. The lowest BCUT2D eigenvalue weighted by molar-refractivity contribution is -0.248. The van der Waals surface area contributed by atoms with Gasteiger partial charge in [0.15, 0.2) is 6.29 Å². The van der Waals surface area contributed by atoms with Gasteiger partial charge in [0.25, 0.3) is 0 Å². The molecule has 7 nitrogen and oxygen atoms in total. The molecule has 98 valence electrons. The molecule has 2 bridgehead atoms. The Labute approximate surface area is 98.5 Å². The third-order valence-electron chi connectivity index (χ3n) is 3.55. The highest BCUT2D eigenvalue weighted by atomic mass is 16.7. The lowest BCUT2D eigenvalue weighted by Gasteiger charge is -2.44. The van der Waals surface area contributed by atoms with Crippen LogP contribution in [0.2, 0.25) is 0 Å². The van der Waals surface area contributed by atoms with Gasteiger partial charge in [-0.1, -0.05) is 0 Å². The zero-order valence-corrected chi connectivity index (χ0v) is 9.74. The van der Waals surface area contributed by atoms with Crippen LogP contribution in [-0.2, 0) is 14.3 Å². The van der Waals surface area contributed by atoms with Crippen LogP contribution in [0.25, 0.3) is 0 Å². The van der Waals surface area contributed by atoms with E-state index in [1.165, 1.54) is 18.9 Å². The Hall–Kier alpha value is -0.730. The molecule has 0 aromatic heterocycles. The lowest BCUT2D eigenvalue weighted by atomic mass is 9.88. The van der Waals surface area contributed by atoms with Gasteiger partial charge in [0, 0.05) is 14.0 Å². The van der Waals surface area contributed by atoms with Crippen molar-refractivity contribution < 1.29 is 29.6 Å². The van der Waals surface area contributed by atoms with Gasteiger partial charge in [-0.25, -0.2) is 0 Å². The number of ether oxygens (including phenoxy) is 2. The zero-order valence-electron chi connectivity index (χ0n) is 9.74. The highest BCUT2D eigenvalue weighted by Crippen LogP contribution is 2.38. The minimum Gasteiger partial charge on any atom is -0.393 e. The summed E-state index contributed by atoms with van der Waals surface area (Å²) in [4.78, 5) is 12.6. The van der Waals surface area contributed by atoms with Gasteiger partial charge in [-0.3, -0.25) is 4.79 Å². The molecule has 5 atom stereocenters. The molecule has 3 N–H and O–H groups in total. The SMILES string of the molecule is CC(=O)N(C)[C@H]1[C@H]2OC[C@](CO)(O2)[C@H](O)[C@@H]1O. The second-order valence-corrected chi connectivity index (χ2v) is 4.58. The molecule has 2 aliphatic rings. The van der Waals surface area contributed by atoms with Gasteiger partial charge >= 0.3 is 0 Å². The van der Waals surface area contributed by atoms with Crippen LogP contribution in [0.4, 0.5) is 0 Å². The Kier molecular flexibility index (Phi) is 3.13. The summed E-state index contributed by atoms with van der Waals surface area (Å²) >= 11 is 0. The molecule has 1 amide bonds. The van der Waals surface area contributed by atoms with Crippen LogP contribution < -0.4 is 0 Å². The second-order valence-electron chi connectivity index (χ2n) is 4.58. The van der Waals surface area contributed by atoms with E-state index in [1.807, 2.05) is 0 Å². The molecular formula is C10H17NO6. The van der Waals surface area contributed by atoms with Gasteiger partial charge in [-0.05, 0) is 0 Å². The Balaban J connectivity index is 2.25. The normalized spacial score (nSPS) is 44.8. The van der Waals surface area contributed by atoms with E-state index >= 15 is 0 Å². The summed E-state index contributed by atoms with van der Waals surface area (Å²) in [7, 11) is 1.50. The summed E-state index contributed by atoms with van der Waals surface area (Å²) in [6.45, 7) is 0.898. The Morgan fingerprint density at radius 1 is 1.53 bits per heavy atom. The van der Waals surface area contributed by atoms with Crippen LogP contribution in [0.5, 0.6) is 0 Å². The van der Waals surface area contributed by atoms with Gasteiger partial charge in [-0.2, -0.15) is 0 Å². The molecule has 0 radical (unpaired) electrons. The van der Waals surface area contributed by atoms with Crippen LogP contribution in [0.3, 0.4) is 0 Å². The van der Waals surface area contributed by atoms with Gasteiger partial charge in [0.2, 0.25) is 5.91 Å². The number of aliphatic hydroxyl groups excluding tert-OH is 3. The molecular weight excluding hydrogens is 230 g/mol. The molecule has 2 heterocycles. The number of rotatable bonds is 2. The van der Waals surface area contributed by atoms with E-state index in [-0.39, 0.29) is 12.5 Å². The van der Waals surface area contributed by atoms with Crippen molar-refractivity contribution in [1.29, 1.82) is 0 Å². The van der Waals surface area contributed by atoms with Crippen molar-refractivity contribution >= 4 is 5.91 Å². The summed E-state index contributed by atoms with van der Waals surface area (Å²) in [5, 5.41) is 29.2. The van der Waals surface area contributed by atoms with Crippen LogP contribution in [0.15, 0.2) is 0 Å². The minimum atomic E-state index is -1.29. The third kappa shape index (κ3) is 1.74. The molecule has 0 saturated carbocycles. The predicted octanol–water partition coefficient (Wildman–Crippen LogP) is -2.33. The molecule has 7 heteroatoms. The fraction of sp³-hybridized carbons (Fsp3) is 0.900. The second kappa shape index (κ2) is 4.18. The summed E-state index contributed by atoms with van der Waals surface area (Å²) in [6.07, 6.45) is -3.33. The van der Waals surface area contributed by atoms with Gasteiger partial charge in [-0.15, -0.1) is 0 Å². The largest absolute Gasteiger partial charge is 0.393 e. The number of carbonyl (C=O) groups is 1. The van der Waals surface area contributed by atoms with Crippen LogP contribution >= 0.6 is 0 Å². The van der Waals surface area contributed by atoms with Crippen molar-refractivity contribution in [1.82, 2.24) is 4.90 Å². The van der Waals surface area contributed by atoms with Crippen LogP contribution in [0.1, 0.15) is 6.92 Å². The number of hydrogen-bond donors (Lipinski definition) is 3. The molecule has 0 aromatic carbocycles. The summed E-state index contributed by atoms with van der Waals surface area (Å²) in [5.74, 6) is -0.267. The molecule has 2 aliphatic heterocycles. The third-order valence-corrected chi connectivity index (χ3v) is 3.55. The quantitative estimate of drug-likeness (QED) is 0.506. The predicted molar refractivity (Wildman–Crippen MR) is 54.9 cm³/mol. The molecule has 0 spiro atoms. The molecule has 2 saturated heterocycles. The standard InChI is InChI=1S/C10H17NO6/c1-5(13)11(2)6-7(14)8(15)10(3-12)4-16-9(6)17-10/h6-9,12,14-15H,3-4H2,1-2H3/t6-,7-,8-,9+,10+/m1/s1. The minimum absolute atomic E-state index is 0.00532. The summed E-state index contributed by atoms with van der Waals surface area (Å²) in [5.41, 5.74) is -1.28. The number of amides is 1. The van der Waals surface area contributed by atoms with E-state index in [0.29, 0.717) is 0 Å². The molecule has 0 unspecified atom stereocenters. The van der Waals surface area contributed by atoms with Crippen molar-refractivity contribution in [2.24, 2.45) is 0 Å². The monoisotopic (exact) mass is 247 g/mol. The van der Waals surface area contributed by atoms with E-state index in [0.717, 1.165) is 0 Å². The number of likely N-dealkylation sites (N-methyl/N-ethyl adjacent to an activating group) is 1. The highest BCUT2D eigenvalue weighted by molar-refractivity contribution is 5.73. The van der Waals surface area contributed by atoms with E-state index in [2.05, 4.69) is 0 Å². The Morgan fingerprint density at radius 3 is 2.71 bits per heavy atom. The topological polar surface area (TPSA) is 99.5 Å². The number of carbonyl (C=O) groups excluding carboxylic acids is 1. The first-order valence-electron chi connectivity index (χ1n) is 5.43. The summed E-state index contributed by atoms with van der Waals surface area (Å²) in [6, 6.07) is -0.773. The van der Waals surface area contributed by atoms with Crippen molar-refractivity contribution in [3.05, 3.63) is 0 Å². The smallest absolute Gasteiger partial charge is 0.219 e. The molecule has 2 fully saturated rings. The molecule has 17 heavy (non-hydrogen) atoms. The van der Waals surface area contributed by atoms with E-state index < -0.39 is 36.7 Å². The number of hydrogen-bond acceptors (Lipinski definition) is 6. The number of nitrogens with zero attached hydrogens (tertiary/aromatic N) is 1. The van der Waals surface area contributed by atoms with Crippen molar-refractivity contribution in [3.8, 4) is 0 Å².